The van der Waals surface area contributed by atoms with Crippen molar-refractivity contribution in [2.75, 3.05) is 12.8 Å². The van der Waals surface area contributed by atoms with Crippen LogP contribution in [0.3, 0.4) is 0 Å². The molecule has 0 aliphatic carbocycles. The van der Waals surface area contributed by atoms with E-state index in [-0.39, 0.29) is 6.04 Å². The summed E-state index contributed by atoms with van der Waals surface area (Å²) in [6.45, 7) is 0. The first-order valence-corrected chi connectivity index (χ1v) is 5.45. The molecular weight excluding hydrogens is 194 g/mol. The first kappa shape index (κ1) is 11.0. The molecule has 1 aromatic rings. The molecule has 74 valence electrons. The molecular formula is C10H13N3S. The first-order valence-electron chi connectivity index (χ1n) is 4.46. The molecule has 0 aromatic carbocycles. The van der Waals surface area contributed by atoms with Crippen LogP contribution in [0.4, 0.5) is 0 Å². The van der Waals surface area contributed by atoms with Gasteiger partial charge in [0.1, 0.15) is 0 Å². The van der Waals surface area contributed by atoms with E-state index in [2.05, 4.69) is 16.4 Å². The summed E-state index contributed by atoms with van der Waals surface area (Å²) in [4.78, 5) is 5.14. The standard InChI is InChI=1S/C10H13N3S/c1-12-9(8-11)4-7-14-10-2-5-13-6-3-10/h2-3,5-6,9,12H,4,7H2,1H3. The third-order valence-electron chi connectivity index (χ3n) is 1.83. The van der Waals surface area contributed by atoms with Gasteiger partial charge in [-0.25, -0.2) is 0 Å². The van der Waals surface area contributed by atoms with Gasteiger partial charge in [-0.1, -0.05) is 0 Å². The zero-order valence-electron chi connectivity index (χ0n) is 8.10. The molecule has 0 aliphatic heterocycles. The molecule has 1 heterocycles. The van der Waals surface area contributed by atoms with Gasteiger partial charge in [-0.3, -0.25) is 4.98 Å². The summed E-state index contributed by atoms with van der Waals surface area (Å²) in [5.41, 5.74) is 0. The van der Waals surface area contributed by atoms with Gasteiger partial charge in [-0.05, 0) is 25.6 Å². The van der Waals surface area contributed by atoms with Gasteiger partial charge in [0.15, 0.2) is 0 Å². The van der Waals surface area contributed by atoms with Crippen LogP contribution >= 0.6 is 11.8 Å². The van der Waals surface area contributed by atoms with Crippen molar-refractivity contribution in [3.8, 4) is 6.07 Å². The van der Waals surface area contributed by atoms with Crippen LogP contribution in [-0.4, -0.2) is 23.8 Å². The van der Waals surface area contributed by atoms with Crippen molar-refractivity contribution in [1.29, 1.82) is 5.26 Å². The summed E-state index contributed by atoms with van der Waals surface area (Å²) < 4.78 is 0. The van der Waals surface area contributed by atoms with Gasteiger partial charge >= 0.3 is 0 Å². The molecule has 0 aliphatic rings. The molecule has 14 heavy (non-hydrogen) atoms. The highest BCUT2D eigenvalue weighted by Crippen LogP contribution is 2.17. The summed E-state index contributed by atoms with van der Waals surface area (Å²) in [6.07, 6.45) is 4.42. The highest BCUT2D eigenvalue weighted by molar-refractivity contribution is 7.99. The van der Waals surface area contributed by atoms with Crippen molar-refractivity contribution in [3.63, 3.8) is 0 Å². The zero-order chi connectivity index (χ0) is 10.2. The van der Waals surface area contributed by atoms with Gasteiger partial charge < -0.3 is 5.32 Å². The Hall–Kier alpha value is -1.05. The maximum Gasteiger partial charge on any atom is 0.0958 e. The van der Waals surface area contributed by atoms with Crippen LogP contribution in [0.25, 0.3) is 0 Å². The second-order valence-electron chi connectivity index (χ2n) is 2.79. The average molecular weight is 207 g/mol. The molecule has 0 bridgehead atoms. The second-order valence-corrected chi connectivity index (χ2v) is 3.96. The minimum absolute atomic E-state index is 0.0377. The number of aromatic nitrogens is 1. The Labute approximate surface area is 88.5 Å². The first-order chi connectivity index (χ1) is 6.86. The number of nitrogens with zero attached hydrogens (tertiary/aromatic N) is 2. The number of rotatable bonds is 5. The quantitative estimate of drug-likeness (QED) is 0.746. The molecule has 0 spiro atoms. The summed E-state index contributed by atoms with van der Waals surface area (Å²) in [6, 6.07) is 6.12. The van der Waals surface area contributed by atoms with Gasteiger partial charge in [0, 0.05) is 23.0 Å². The SMILES string of the molecule is CNC(C#N)CCSc1ccncc1. The van der Waals surface area contributed by atoms with Crippen LogP contribution in [-0.2, 0) is 0 Å². The van der Waals surface area contributed by atoms with E-state index in [9.17, 15) is 0 Å². The van der Waals surface area contributed by atoms with Crippen LogP contribution in [0.15, 0.2) is 29.4 Å². The lowest BCUT2D eigenvalue weighted by Crippen LogP contribution is -2.23. The van der Waals surface area contributed by atoms with Gasteiger partial charge in [0.05, 0.1) is 12.1 Å². The minimum atomic E-state index is -0.0377. The fourth-order valence-electron chi connectivity index (χ4n) is 1.00. The maximum absolute atomic E-state index is 8.69. The smallest absolute Gasteiger partial charge is 0.0958 e. The summed E-state index contributed by atoms with van der Waals surface area (Å²) >= 11 is 1.75. The maximum atomic E-state index is 8.69. The number of nitriles is 1. The molecule has 1 unspecified atom stereocenters. The topological polar surface area (TPSA) is 48.7 Å². The van der Waals surface area contributed by atoms with Crippen molar-refractivity contribution in [1.82, 2.24) is 10.3 Å². The van der Waals surface area contributed by atoms with E-state index in [1.54, 1.807) is 24.2 Å². The van der Waals surface area contributed by atoms with Crippen LogP contribution in [0.1, 0.15) is 6.42 Å². The Kier molecular flexibility index (Phi) is 5.05. The Balaban J connectivity index is 2.26. The molecule has 3 nitrogen and oxygen atoms in total. The van der Waals surface area contributed by atoms with Crippen molar-refractivity contribution < 1.29 is 0 Å². The number of nitrogens with one attached hydrogen (secondary N) is 1. The van der Waals surface area contributed by atoms with Crippen molar-refractivity contribution in [3.05, 3.63) is 24.5 Å². The van der Waals surface area contributed by atoms with Gasteiger partial charge in [-0.2, -0.15) is 5.26 Å². The molecule has 0 fully saturated rings. The van der Waals surface area contributed by atoms with Crippen molar-refractivity contribution in [2.24, 2.45) is 0 Å². The number of hydrogen-bond acceptors (Lipinski definition) is 4. The highest BCUT2D eigenvalue weighted by Gasteiger charge is 2.02. The summed E-state index contributed by atoms with van der Waals surface area (Å²) in [7, 11) is 1.81. The van der Waals surface area contributed by atoms with E-state index in [4.69, 9.17) is 5.26 Å². The molecule has 1 rings (SSSR count). The molecule has 0 saturated carbocycles. The second kappa shape index (κ2) is 6.41. The lowest BCUT2D eigenvalue weighted by atomic mass is 10.3. The molecule has 0 radical (unpaired) electrons. The molecule has 0 saturated heterocycles. The predicted molar refractivity (Wildman–Crippen MR) is 58.0 cm³/mol. The van der Waals surface area contributed by atoms with Crippen LogP contribution in [0.2, 0.25) is 0 Å². The predicted octanol–water partition coefficient (Wildman–Crippen LogP) is 1.68. The lowest BCUT2D eigenvalue weighted by Gasteiger charge is -2.06. The van der Waals surface area contributed by atoms with E-state index in [0.717, 1.165) is 12.2 Å². The summed E-state index contributed by atoms with van der Waals surface area (Å²) in [5, 5.41) is 11.6. The zero-order valence-corrected chi connectivity index (χ0v) is 8.92. The van der Waals surface area contributed by atoms with Gasteiger partial charge in [0.25, 0.3) is 0 Å². The number of hydrogen-bond donors (Lipinski definition) is 1. The van der Waals surface area contributed by atoms with Crippen LogP contribution < -0.4 is 5.32 Å². The van der Waals surface area contributed by atoms with Gasteiger partial charge in [0.2, 0.25) is 0 Å². The Morgan fingerprint density at radius 3 is 2.86 bits per heavy atom. The average Bonchev–Trinajstić information content (AvgIpc) is 2.26. The molecule has 1 atom stereocenters. The van der Waals surface area contributed by atoms with Crippen LogP contribution in [0, 0.1) is 11.3 Å². The third kappa shape index (κ3) is 3.77. The van der Waals surface area contributed by atoms with Gasteiger partial charge in [-0.15, -0.1) is 11.8 Å². The van der Waals surface area contributed by atoms with Crippen molar-refractivity contribution in [2.45, 2.75) is 17.4 Å². The fourth-order valence-corrected chi connectivity index (χ4v) is 1.91. The highest BCUT2D eigenvalue weighted by atomic mass is 32.2. The monoisotopic (exact) mass is 207 g/mol. The number of pyridine rings is 1. The number of thioether (sulfide) groups is 1. The van der Waals surface area contributed by atoms with E-state index >= 15 is 0 Å². The van der Waals surface area contributed by atoms with Crippen LogP contribution in [0.5, 0.6) is 0 Å². The van der Waals surface area contributed by atoms with E-state index in [0.29, 0.717) is 0 Å². The molecule has 1 N–H and O–H groups in total. The minimum Gasteiger partial charge on any atom is -0.305 e. The molecule has 4 heteroatoms. The Morgan fingerprint density at radius 2 is 2.29 bits per heavy atom. The van der Waals surface area contributed by atoms with E-state index in [1.807, 2.05) is 19.2 Å². The molecule has 0 amide bonds. The largest absolute Gasteiger partial charge is 0.305 e. The van der Waals surface area contributed by atoms with E-state index < -0.39 is 0 Å². The lowest BCUT2D eigenvalue weighted by molar-refractivity contribution is 0.663. The van der Waals surface area contributed by atoms with Crippen molar-refractivity contribution >= 4 is 11.8 Å². The third-order valence-corrected chi connectivity index (χ3v) is 2.87. The fraction of sp³-hybridized carbons (Fsp3) is 0.400. The Morgan fingerprint density at radius 1 is 1.57 bits per heavy atom. The normalized spacial score (nSPS) is 12.0. The summed E-state index contributed by atoms with van der Waals surface area (Å²) in [5.74, 6) is 0.948. The van der Waals surface area contributed by atoms with E-state index in [1.165, 1.54) is 4.90 Å². The molecule has 1 aromatic heterocycles. The Bertz CT molecular complexity index is 294.